The molecule has 0 aliphatic carbocycles. The van der Waals surface area contributed by atoms with Crippen LogP contribution in [-0.4, -0.2) is 41.3 Å². The fourth-order valence-corrected chi connectivity index (χ4v) is 4.88. The van der Waals surface area contributed by atoms with Crippen molar-refractivity contribution in [1.82, 2.24) is 4.90 Å². The SMILES string of the molecule is CCOc1c(O)cc(Br)c2c1CN1CCc3cc(OCC(F)F)c(O)cc3[C@@H]1C2. The first kappa shape index (κ1) is 20.2. The van der Waals surface area contributed by atoms with Gasteiger partial charge in [0, 0.05) is 29.2 Å². The molecule has 0 saturated carbocycles. The van der Waals surface area contributed by atoms with E-state index in [-0.39, 0.29) is 23.3 Å². The van der Waals surface area contributed by atoms with Gasteiger partial charge in [-0.05, 0) is 54.7 Å². The van der Waals surface area contributed by atoms with Gasteiger partial charge in [0.15, 0.2) is 23.0 Å². The molecule has 8 heteroatoms. The number of rotatable bonds is 5. The summed E-state index contributed by atoms with van der Waals surface area (Å²) in [5.41, 5.74) is 4.01. The lowest BCUT2D eigenvalue weighted by molar-refractivity contribution is 0.0803. The minimum absolute atomic E-state index is 0.0385. The summed E-state index contributed by atoms with van der Waals surface area (Å²) in [5.74, 6) is 0.607. The van der Waals surface area contributed by atoms with Crippen molar-refractivity contribution in [3.8, 4) is 23.0 Å². The summed E-state index contributed by atoms with van der Waals surface area (Å²) in [5, 5.41) is 20.6. The van der Waals surface area contributed by atoms with Crippen LogP contribution in [0.15, 0.2) is 22.7 Å². The molecule has 1 atom stereocenters. The molecular weight excluding hydrogens is 448 g/mol. The second kappa shape index (κ2) is 7.99. The molecule has 2 heterocycles. The van der Waals surface area contributed by atoms with E-state index in [2.05, 4.69) is 20.8 Å². The van der Waals surface area contributed by atoms with E-state index in [0.29, 0.717) is 25.3 Å². The maximum Gasteiger partial charge on any atom is 0.272 e. The number of phenolic OH excluding ortho intramolecular Hbond substituents is 2. The highest BCUT2D eigenvalue weighted by molar-refractivity contribution is 9.10. The average molecular weight is 470 g/mol. The average Bonchev–Trinajstić information content (AvgIpc) is 2.68. The van der Waals surface area contributed by atoms with Crippen molar-refractivity contribution in [2.24, 2.45) is 0 Å². The van der Waals surface area contributed by atoms with Crippen LogP contribution in [0, 0.1) is 0 Å². The van der Waals surface area contributed by atoms with Crippen LogP contribution in [0.3, 0.4) is 0 Å². The number of halogens is 3. The largest absolute Gasteiger partial charge is 0.504 e. The number of nitrogens with zero attached hydrogens (tertiary/aromatic N) is 1. The van der Waals surface area contributed by atoms with Gasteiger partial charge < -0.3 is 19.7 Å². The Hall–Kier alpha value is -2.06. The van der Waals surface area contributed by atoms with Crippen molar-refractivity contribution in [3.05, 3.63) is 44.9 Å². The maximum absolute atomic E-state index is 12.5. The highest BCUT2D eigenvalue weighted by Gasteiger charge is 2.36. The molecule has 156 valence electrons. The molecule has 0 saturated heterocycles. The van der Waals surface area contributed by atoms with Gasteiger partial charge in [0.2, 0.25) is 0 Å². The van der Waals surface area contributed by atoms with E-state index in [1.807, 2.05) is 6.92 Å². The molecule has 0 aromatic heterocycles. The van der Waals surface area contributed by atoms with Crippen LogP contribution in [-0.2, 0) is 19.4 Å². The van der Waals surface area contributed by atoms with Gasteiger partial charge in [0.05, 0.1) is 6.61 Å². The van der Waals surface area contributed by atoms with Crippen LogP contribution in [0.25, 0.3) is 0 Å². The number of ether oxygens (including phenoxy) is 2. The molecule has 2 aromatic carbocycles. The van der Waals surface area contributed by atoms with E-state index in [9.17, 15) is 19.0 Å². The molecule has 29 heavy (non-hydrogen) atoms. The summed E-state index contributed by atoms with van der Waals surface area (Å²) in [6.45, 7) is 2.99. The molecule has 2 aliphatic heterocycles. The van der Waals surface area contributed by atoms with E-state index < -0.39 is 13.0 Å². The number of aromatic hydroxyl groups is 2. The van der Waals surface area contributed by atoms with Crippen LogP contribution < -0.4 is 9.47 Å². The normalized spacial score (nSPS) is 18.2. The lowest BCUT2D eigenvalue weighted by atomic mass is 9.83. The Balaban J connectivity index is 1.70. The third kappa shape index (κ3) is 3.75. The molecule has 2 N–H and O–H groups in total. The lowest BCUT2D eigenvalue weighted by Crippen LogP contribution is -2.39. The van der Waals surface area contributed by atoms with E-state index in [4.69, 9.17) is 9.47 Å². The van der Waals surface area contributed by atoms with Gasteiger partial charge in [-0.1, -0.05) is 15.9 Å². The number of alkyl halides is 2. The van der Waals surface area contributed by atoms with Crippen molar-refractivity contribution in [2.75, 3.05) is 19.8 Å². The fourth-order valence-electron chi connectivity index (χ4n) is 4.26. The van der Waals surface area contributed by atoms with Gasteiger partial charge in [0.1, 0.15) is 6.61 Å². The summed E-state index contributed by atoms with van der Waals surface area (Å²) in [6.07, 6.45) is -1.19. The summed E-state index contributed by atoms with van der Waals surface area (Å²) in [6, 6.07) is 5.01. The Morgan fingerprint density at radius 1 is 1.17 bits per heavy atom. The third-order valence-electron chi connectivity index (χ3n) is 5.52. The number of fused-ring (bicyclic) bond motifs is 4. The summed E-state index contributed by atoms with van der Waals surface area (Å²) in [4.78, 5) is 2.29. The van der Waals surface area contributed by atoms with Gasteiger partial charge in [0.25, 0.3) is 6.43 Å². The van der Waals surface area contributed by atoms with Crippen LogP contribution in [0.4, 0.5) is 8.78 Å². The van der Waals surface area contributed by atoms with Gasteiger partial charge in [-0.2, -0.15) is 0 Å². The van der Waals surface area contributed by atoms with E-state index in [1.54, 1.807) is 18.2 Å². The number of hydrogen-bond acceptors (Lipinski definition) is 5. The standard InChI is InChI=1S/C21H22BrF2NO4/c1-2-28-21-14-9-25-4-3-11-5-19(29-10-20(23)24)17(26)7-12(11)16(25)6-13(14)15(22)8-18(21)27/h5,7-8,16,20,26-27H,2-4,6,9-10H2,1H3/t16-/m0/s1. The van der Waals surface area contributed by atoms with Crippen LogP contribution in [0.1, 0.15) is 35.2 Å². The Labute approximate surface area is 176 Å². The molecule has 4 rings (SSSR count). The van der Waals surface area contributed by atoms with Crippen molar-refractivity contribution in [3.63, 3.8) is 0 Å². The minimum atomic E-state index is -2.59. The predicted molar refractivity (Wildman–Crippen MR) is 107 cm³/mol. The second-order valence-electron chi connectivity index (χ2n) is 7.26. The molecule has 0 fully saturated rings. The quantitative estimate of drug-likeness (QED) is 0.671. The Morgan fingerprint density at radius 2 is 1.97 bits per heavy atom. The maximum atomic E-state index is 12.5. The van der Waals surface area contributed by atoms with Crippen LogP contribution in [0.5, 0.6) is 23.0 Å². The Kier molecular flexibility index (Phi) is 5.57. The molecular formula is C21H22BrF2NO4. The summed E-state index contributed by atoms with van der Waals surface area (Å²) >= 11 is 3.56. The fraction of sp³-hybridized carbons (Fsp3) is 0.429. The van der Waals surface area contributed by atoms with Gasteiger partial charge in [-0.25, -0.2) is 8.78 Å². The predicted octanol–water partition coefficient (Wildman–Crippen LogP) is 4.56. The summed E-state index contributed by atoms with van der Waals surface area (Å²) < 4.78 is 36.5. The van der Waals surface area contributed by atoms with E-state index in [0.717, 1.165) is 39.7 Å². The van der Waals surface area contributed by atoms with Crippen LogP contribution >= 0.6 is 15.9 Å². The number of phenols is 2. The van der Waals surface area contributed by atoms with Gasteiger partial charge in [-0.3, -0.25) is 4.90 Å². The second-order valence-corrected chi connectivity index (χ2v) is 8.11. The zero-order chi connectivity index (χ0) is 20.7. The summed E-state index contributed by atoms with van der Waals surface area (Å²) in [7, 11) is 0. The van der Waals surface area contributed by atoms with Crippen molar-refractivity contribution in [1.29, 1.82) is 0 Å². The first-order chi connectivity index (χ1) is 13.9. The zero-order valence-electron chi connectivity index (χ0n) is 15.9. The van der Waals surface area contributed by atoms with E-state index >= 15 is 0 Å². The highest BCUT2D eigenvalue weighted by Crippen LogP contribution is 2.47. The molecule has 0 bridgehead atoms. The zero-order valence-corrected chi connectivity index (χ0v) is 17.5. The minimum Gasteiger partial charge on any atom is -0.504 e. The highest BCUT2D eigenvalue weighted by atomic mass is 79.9. The monoisotopic (exact) mass is 469 g/mol. The number of benzene rings is 2. The van der Waals surface area contributed by atoms with Crippen molar-refractivity contribution < 1.29 is 28.5 Å². The molecule has 0 unspecified atom stereocenters. The Morgan fingerprint density at radius 3 is 2.69 bits per heavy atom. The molecule has 0 spiro atoms. The number of hydrogen-bond donors (Lipinski definition) is 2. The third-order valence-corrected chi connectivity index (χ3v) is 6.23. The molecule has 2 aliphatic rings. The van der Waals surface area contributed by atoms with E-state index in [1.165, 1.54) is 0 Å². The molecule has 0 amide bonds. The smallest absolute Gasteiger partial charge is 0.272 e. The van der Waals surface area contributed by atoms with Gasteiger partial charge >= 0.3 is 0 Å². The molecule has 2 aromatic rings. The van der Waals surface area contributed by atoms with Crippen molar-refractivity contribution >= 4 is 15.9 Å². The lowest BCUT2D eigenvalue weighted by Gasteiger charge is -2.42. The molecule has 5 nitrogen and oxygen atoms in total. The van der Waals surface area contributed by atoms with Crippen molar-refractivity contribution in [2.45, 2.75) is 38.8 Å². The first-order valence-corrected chi connectivity index (χ1v) is 10.3. The van der Waals surface area contributed by atoms with Gasteiger partial charge in [-0.15, -0.1) is 0 Å². The Bertz CT molecular complexity index is 938. The topological polar surface area (TPSA) is 62.2 Å². The molecule has 0 radical (unpaired) electrons. The first-order valence-electron chi connectivity index (χ1n) is 9.55. The van der Waals surface area contributed by atoms with Crippen LogP contribution in [0.2, 0.25) is 0 Å².